The molecule has 0 aliphatic carbocycles. The highest BCUT2D eigenvalue weighted by molar-refractivity contribution is 6.30. The van der Waals surface area contributed by atoms with Crippen LogP contribution < -0.4 is 11.1 Å². The van der Waals surface area contributed by atoms with Gasteiger partial charge in [0.15, 0.2) is 0 Å². The average molecular weight is 311 g/mol. The molecule has 1 fully saturated rings. The van der Waals surface area contributed by atoms with E-state index in [0.29, 0.717) is 36.9 Å². The number of rotatable bonds is 4. The summed E-state index contributed by atoms with van der Waals surface area (Å²) in [5.74, 6) is -0.383. The smallest absolute Gasteiger partial charge is 0.272 e. The van der Waals surface area contributed by atoms with Crippen molar-refractivity contribution in [3.8, 4) is 0 Å². The quantitative estimate of drug-likeness (QED) is 0.855. The summed E-state index contributed by atoms with van der Waals surface area (Å²) in [6.45, 7) is 1.93. The average Bonchev–Trinajstić information content (AvgIpc) is 2.52. The van der Waals surface area contributed by atoms with E-state index >= 15 is 0 Å². The van der Waals surface area contributed by atoms with Crippen LogP contribution in [0.4, 0.5) is 0 Å². The van der Waals surface area contributed by atoms with Gasteiger partial charge in [-0.15, -0.1) is 0 Å². The van der Waals surface area contributed by atoms with E-state index in [1.165, 1.54) is 6.20 Å². The number of hydrogen-bond donors (Lipinski definition) is 2. The van der Waals surface area contributed by atoms with E-state index in [1.54, 1.807) is 17.0 Å². The van der Waals surface area contributed by atoms with Crippen molar-refractivity contribution in [3.05, 3.63) is 29.0 Å². The zero-order valence-electron chi connectivity index (χ0n) is 11.7. The number of pyridine rings is 1. The molecule has 1 aliphatic rings. The van der Waals surface area contributed by atoms with Gasteiger partial charge < -0.3 is 16.0 Å². The maximum absolute atomic E-state index is 12.4. The molecule has 1 aliphatic heterocycles. The Morgan fingerprint density at radius 3 is 2.95 bits per heavy atom. The Morgan fingerprint density at radius 1 is 1.48 bits per heavy atom. The molecule has 3 N–H and O–H groups in total. The molecule has 0 bridgehead atoms. The highest BCUT2D eigenvalue weighted by Crippen LogP contribution is 2.18. The number of amides is 2. The number of carbonyl (C=O) groups excluding carboxylic acids is 2. The van der Waals surface area contributed by atoms with Crippen molar-refractivity contribution in [2.24, 2.45) is 11.7 Å². The number of nitrogens with two attached hydrogens (primary N) is 1. The minimum atomic E-state index is -0.179. The number of hydrogen-bond acceptors (Lipinski definition) is 4. The maximum Gasteiger partial charge on any atom is 0.272 e. The molecule has 0 aromatic carbocycles. The number of nitrogens with zero attached hydrogens (tertiary/aromatic N) is 2. The summed E-state index contributed by atoms with van der Waals surface area (Å²) in [6, 6.07) is 3.24. The summed E-state index contributed by atoms with van der Waals surface area (Å²) in [7, 11) is 0. The van der Waals surface area contributed by atoms with Crippen LogP contribution in [0.5, 0.6) is 0 Å². The van der Waals surface area contributed by atoms with Gasteiger partial charge >= 0.3 is 0 Å². The summed E-state index contributed by atoms with van der Waals surface area (Å²) in [4.78, 5) is 30.0. The van der Waals surface area contributed by atoms with E-state index in [2.05, 4.69) is 10.3 Å². The predicted octanol–water partition coefficient (Wildman–Crippen LogP) is 0.662. The zero-order valence-corrected chi connectivity index (χ0v) is 12.5. The highest BCUT2D eigenvalue weighted by atomic mass is 35.5. The van der Waals surface area contributed by atoms with Crippen molar-refractivity contribution in [3.63, 3.8) is 0 Å². The molecule has 0 saturated carbocycles. The molecule has 2 amide bonds. The number of nitrogens with one attached hydrogen (secondary N) is 1. The molecule has 114 valence electrons. The van der Waals surface area contributed by atoms with E-state index in [9.17, 15) is 9.59 Å². The van der Waals surface area contributed by atoms with Crippen LogP contribution in [0.25, 0.3) is 0 Å². The molecular weight excluding hydrogens is 292 g/mol. The lowest BCUT2D eigenvalue weighted by Gasteiger charge is -2.31. The lowest BCUT2D eigenvalue weighted by Crippen LogP contribution is -2.46. The SMILES string of the molecule is NCCNC(=O)C1CCCN(C(=O)c2ccc(Cl)cn2)C1. The normalized spacial score (nSPS) is 18.4. The fraction of sp³-hybridized carbons (Fsp3) is 0.500. The minimum Gasteiger partial charge on any atom is -0.355 e. The summed E-state index contributed by atoms with van der Waals surface area (Å²) in [5.41, 5.74) is 5.72. The number of halogens is 1. The van der Waals surface area contributed by atoms with Gasteiger partial charge in [0, 0.05) is 32.4 Å². The van der Waals surface area contributed by atoms with Crippen molar-refractivity contribution in [1.82, 2.24) is 15.2 Å². The maximum atomic E-state index is 12.4. The Balaban J connectivity index is 1.98. The molecule has 7 heteroatoms. The summed E-state index contributed by atoms with van der Waals surface area (Å²) < 4.78 is 0. The van der Waals surface area contributed by atoms with Crippen molar-refractivity contribution >= 4 is 23.4 Å². The van der Waals surface area contributed by atoms with E-state index < -0.39 is 0 Å². The van der Waals surface area contributed by atoms with Gasteiger partial charge in [-0.25, -0.2) is 4.98 Å². The van der Waals surface area contributed by atoms with Crippen LogP contribution in [-0.4, -0.2) is 47.9 Å². The number of likely N-dealkylation sites (tertiary alicyclic amines) is 1. The summed E-state index contributed by atoms with van der Waals surface area (Å²) in [6.07, 6.45) is 3.04. The fourth-order valence-electron chi connectivity index (χ4n) is 2.38. The van der Waals surface area contributed by atoms with Crippen molar-refractivity contribution in [2.75, 3.05) is 26.2 Å². The molecular formula is C14H19ClN4O2. The minimum absolute atomic E-state index is 0.0398. The second-order valence-electron chi connectivity index (χ2n) is 5.03. The van der Waals surface area contributed by atoms with Gasteiger partial charge in [0.25, 0.3) is 5.91 Å². The number of piperidine rings is 1. The van der Waals surface area contributed by atoms with E-state index in [1.807, 2.05) is 0 Å². The summed E-state index contributed by atoms with van der Waals surface area (Å²) >= 11 is 5.76. The first kappa shape index (κ1) is 15.7. The standard InChI is InChI=1S/C14H19ClN4O2/c15-11-3-4-12(18-8-11)14(21)19-7-1-2-10(9-19)13(20)17-6-5-16/h3-4,8,10H,1-2,5-7,9,16H2,(H,17,20). The molecule has 2 heterocycles. The fourth-order valence-corrected chi connectivity index (χ4v) is 2.49. The third-order valence-corrected chi connectivity index (χ3v) is 3.69. The second kappa shape index (κ2) is 7.38. The van der Waals surface area contributed by atoms with Crippen LogP contribution in [0.3, 0.4) is 0 Å². The first-order valence-electron chi connectivity index (χ1n) is 7.00. The van der Waals surface area contributed by atoms with Gasteiger partial charge in [-0.2, -0.15) is 0 Å². The monoisotopic (exact) mass is 310 g/mol. The topological polar surface area (TPSA) is 88.3 Å². The first-order valence-corrected chi connectivity index (χ1v) is 7.38. The molecule has 1 unspecified atom stereocenters. The Morgan fingerprint density at radius 2 is 2.29 bits per heavy atom. The Bertz CT molecular complexity index is 506. The van der Waals surface area contributed by atoms with Crippen LogP contribution in [0.15, 0.2) is 18.3 Å². The van der Waals surface area contributed by atoms with Gasteiger partial charge in [-0.1, -0.05) is 11.6 Å². The van der Waals surface area contributed by atoms with Crippen molar-refractivity contribution < 1.29 is 9.59 Å². The van der Waals surface area contributed by atoms with Crippen LogP contribution in [0.2, 0.25) is 5.02 Å². The molecule has 1 aromatic rings. The Kier molecular flexibility index (Phi) is 5.52. The molecule has 0 radical (unpaired) electrons. The molecule has 6 nitrogen and oxygen atoms in total. The van der Waals surface area contributed by atoms with Crippen LogP contribution in [-0.2, 0) is 4.79 Å². The van der Waals surface area contributed by atoms with Crippen LogP contribution in [0, 0.1) is 5.92 Å². The summed E-state index contributed by atoms with van der Waals surface area (Å²) in [5, 5.41) is 3.26. The lowest BCUT2D eigenvalue weighted by atomic mass is 9.97. The van der Waals surface area contributed by atoms with E-state index in [-0.39, 0.29) is 17.7 Å². The zero-order chi connectivity index (χ0) is 15.2. The molecule has 2 rings (SSSR count). The highest BCUT2D eigenvalue weighted by Gasteiger charge is 2.29. The van der Waals surface area contributed by atoms with E-state index in [4.69, 9.17) is 17.3 Å². The third kappa shape index (κ3) is 4.15. The van der Waals surface area contributed by atoms with E-state index in [0.717, 1.165) is 12.8 Å². The van der Waals surface area contributed by atoms with Gasteiger partial charge in [0.1, 0.15) is 5.69 Å². The van der Waals surface area contributed by atoms with Gasteiger partial charge in [0.05, 0.1) is 10.9 Å². The molecule has 1 saturated heterocycles. The van der Waals surface area contributed by atoms with Crippen molar-refractivity contribution in [2.45, 2.75) is 12.8 Å². The largest absolute Gasteiger partial charge is 0.355 e. The van der Waals surface area contributed by atoms with Crippen molar-refractivity contribution in [1.29, 1.82) is 0 Å². The Hall–Kier alpha value is -1.66. The number of carbonyl (C=O) groups is 2. The van der Waals surface area contributed by atoms with Gasteiger partial charge in [0.2, 0.25) is 5.91 Å². The Labute approximate surface area is 128 Å². The third-order valence-electron chi connectivity index (χ3n) is 3.47. The predicted molar refractivity (Wildman–Crippen MR) is 79.9 cm³/mol. The molecule has 1 atom stereocenters. The second-order valence-corrected chi connectivity index (χ2v) is 5.47. The molecule has 1 aromatic heterocycles. The van der Waals surface area contributed by atoms with Gasteiger partial charge in [-0.05, 0) is 25.0 Å². The van der Waals surface area contributed by atoms with Crippen LogP contribution in [0.1, 0.15) is 23.3 Å². The van der Waals surface area contributed by atoms with Gasteiger partial charge in [-0.3, -0.25) is 9.59 Å². The molecule has 21 heavy (non-hydrogen) atoms. The number of aromatic nitrogens is 1. The molecule has 0 spiro atoms. The first-order chi connectivity index (χ1) is 10.1. The lowest BCUT2D eigenvalue weighted by molar-refractivity contribution is -0.126. The van der Waals surface area contributed by atoms with Crippen LogP contribution >= 0.6 is 11.6 Å².